The monoisotopic (exact) mass is 309 g/mol. The Balaban J connectivity index is 2.06. The Morgan fingerprint density at radius 1 is 1.33 bits per heavy atom. The van der Waals surface area contributed by atoms with Crippen molar-refractivity contribution in [1.82, 2.24) is 14.7 Å². The zero-order chi connectivity index (χ0) is 15.3. The zero-order valence-electron chi connectivity index (χ0n) is 12.1. The van der Waals surface area contributed by atoms with E-state index in [0.29, 0.717) is 18.9 Å². The number of H-pyrrole nitrogens is 1. The molecule has 0 spiro atoms. The Kier molecular flexibility index (Phi) is 5.11. The molecule has 21 heavy (non-hydrogen) atoms. The number of sulfonamides is 1. The number of hydrogen-bond acceptors (Lipinski definition) is 4. The maximum Gasteiger partial charge on any atom is 0.257 e. The van der Waals surface area contributed by atoms with E-state index >= 15 is 0 Å². The lowest BCUT2D eigenvalue weighted by Crippen LogP contribution is -2.23. The first kappa shape index (κ1) is 15.7. The van der Waals surface area contributed by atoms with Gasteiger partial charge in [0.2, 0.25) is 0 Å². The molecule has 2 rings (SSSR count). The van der Waals surface area contributed by atoms with Gasteiger partial charge in [0.15, 0.2) is 5.03 Å². The van der Waals surface area contributed by atoms with Crippen molar-refractivity contribution in [3.8, 4) is 0 Å². The summed E-state index contributed by atoms with van der Waals surface area (Å²) in [4.78, 5) is 6.79. The number of aromatic amines is 1. The van der Waals surface area contributed by atoms with Crippen molar-refractivity contribution in [1.29, 1.82) is 0 Å². The molecule has 0 aliphatic carbocycles. The number of hydrogen-bond donors (Lipinski definition) is 2. The topological polar surface area (TPSA) is 84.1 Å². The maximum absolute atomic E-state index is 12.1. The van der Waals surface area contributed by atoms with E-state index in [-0.39, 0.29) is 11.6 Å². The molecule has 0 saturated carbocycles. The van der Waals surface area contributed by atoms with Crippen molar-refractivity contribution in [2.75, 3.05) is 7.11 Å². The third-order valence-corrected chi connectivity index (χ3v) is 4.31. The van der Waals surface area contributed by atoms with E-state index in [2.05, 4.69) is 14.7 Å². The molecule has 6 nitrogen and oxygen atoms in total. The second-order valence-electron chi connectivity index (χ2n) is 4.63. The van der Waals surface area contributed by atoms with Crippen LogP contribution in [-0.2, 0) is 34.3 Å². The van der Waals surface area contributed by atoms with Gasteiger partial charge in [0.25, 0.3) is 10.0 Å². The van der Waals surface area contributed by atoms with Gasteiger partial charge < -0.3 is 9.72 Å². The van der Waals surface area contributed by atoms with Gasteiger partial charge in [-0.3, -0.25) is 0 Å². The second-order valence-corrected chi connectivity index (χ2v) is 6.36. The molecule has 0 saturated heterocycles. The largest absolute Gasteiger partial charge is 0.380 e. The standard InChI is InChI=1S/C14H19N3O3S/c1-3-13-15-9-14(17-13)21(18,19)16-8-11-5-4-6-12(7-11)10-20-2/h4-7,9,16H,3,8,10H2,1-2H3,(H,15,17). The average molecular weight is 309 g/mol. The number of ether oxygens (including phenoxy) is 1. The van der Waals surface area contributed by atoms with Crippen LogP contribution in [0.2, 0.25) is 0 Å². The summed E-state index contributed by atoms with van der Waals surface area (Å²) in [6.07, 6.45) is 2.00. The number of rotatable bonds is 7. The van der Waals surface area contributed by atoms with Crippen LogP contribution in [0.3, 0.4) is 0 Å². The summed E-state index contributed by atoms with van der Waals surface area (Å²) in [5.41, 5.74) is 1.88. The molecule has 0 bridgehead atoms. The molecule has 2 aromatic rings. The molecule has 1 aromatic heterocycles. The Labute approximate surface area is 124 Å². The SMILES string of the molecule is CCc1ncc(S(=O)(=O)NCc2cccc(COC)c2)[nH]1. The number of benzene rings is 1. The first-order valence-electron chi connectivity index (χ1n) is 6.65. The Hall–Kier alpha value is -1.70. The molecule has 0 fully saturated rings. The third-order valence-electron chi connectivity index (χ3n) is 3.00. The number of aryl methyl sites for hydroxylation is 1. The molecule has 1 aromatic carbocycles. The summed E-state index contributed by atoms with van der Waals surface area (Å²) < 4.78 is 31.9. The van der Waals surface area contributed by atoms with E-state index in [1.807, 2.05) is 31.2 Å². The fraction of sp³-hybridized carbons (Fsp3) is 0.357. The van der Waals surface area contributed by atoms with Crippen LogP contribution in [0.5, 0.6) is 0 Å². The Morgan fingerprint density at radius 2 is 2.10 bits per heavy atom. The van der Waals surface area contributed by atoms with E-state index in [9.17, 15) is 8.42 Å². The zero-order valence-corrected chi connectivity index (χ0v) is 12.9. The second kappa shape index (κ2) is 6.84. The lowest BCUT2D eigenvalue weighted by atomic mass is 10.1. The van der Waals surface area contributed by atoms with Crippen molar-refractivity contribution in [3.63, 3.8) is 0 Å². The molecule has 7 heteroatoms. The molecule has 1 heterocycles. The number of nitrogens with zero attached hydrogens (tertiary/aromatic N) is 1. The minimum absolute atomic E-state index is 0.0902. The van der Waals surface area contributed by atoms with Gasteiger partial charge in [0, 0.05) is 20.1 Å². The fourth-order valence-corrected chi connectivity index (χ4v) is 2.87. The van der Waals surface area contributed by atoms with Crippen molar-refractivity contribution >= 4 is 10.0 Å². The van der Waals surface area contributed by atoms with Gasteiger partial charge in [-0.2, -0.15) is 0 Å². The van der Waals surface area contributed by atoms with Crippen molar-refractivity contribution < 1.29 is 13.2 Å². The van der Waals surface area contributed by atoms with Gasteiger partial charge in [0.1, 0.15) is 5.82 Å². The fourth-order valence-electron chi connectivity index (χ4n) is 1.91. The highest BCUT2D eigenvalue weighted by Crippen LogP contribution is 2.09. The van der Waals surface area contributed by atoms with Gasteiger partial charge in [-0.1, -0.05) is 31.2 Å². The molecule has 0 radical (unpaired) electrons. The summed E-state index contributed by atoms with van der Waals surface area (Å²) in [6, 6.07) is 7.59. The maximum atomic E-state index is 12.1. The molecule has 0 atom stereocenters. The molecule has 114 valence electrons. The third kappa shape index (κ3) is 4.13. The summed E-state index contributed by atoms with van der Waals surface area (Å²) in [6.45, 7) is 2.63. The highest BCUT2D eigenvalue weighted by molar-refractivity contribution is 7.89. The smallest absolute Gasteiger partial charge is 0.257 e. The van der Waals surface area contributed by atoms with Gasteiger partial charge in [-0.15, -0.1) is 0 Å². The van der Waals surface area contributed by atoms with Gasteiger partial charge in [-0.25, -0.2) is 18.1 Å². The average Bonchev–Trinajstić information content (AvgIpc) is 2.96. The molecule has 2 N–H and O–H groups in total. The normalized spacial score (nSPS) is 11.7. The minimum atomic E-state index is -3.57. The van der Waals surface area contributed by atoms with Crippen LogP contribution in [0.15, 0.2) is 35.5 Å². The Bertz CT molecular complexity index is 695. The van der Waals surface area contributed by atoms with Crippen LogP contribution in [0.25, 0.3) is 0 Å². The number of methoxy groups -OCH3 is 1. The summed E-state index contributed by atoms with van der Waals surface area (Å²) in [5, 5.41) is 0.0902. The van der Waals surface area contributed by atoms with E-state index in [0.717, 1.165) is 11.1 Å². The molecular weight excluding hydrogens is 290 g/mol. The van der Waals surface area contributed by atoms with Gasteiger partial charge in [-0.05, 0) is 11.1 Å². The van der Waals surface area contributed by atoms with Gasteiger partial charge in [0.05, 0.1) is 12.8 Å². The van der Waals surface area contributed by atoms with E-state index in [1.165, 1.54) is 6.20 Å². The van der Waals surface area contributed by atoms with Crippen molar-refractivity contribution in [2.45, 2.75) is 31.5 Å². The molecular formula is C14H19N3O3S. The molecule has 0 aliphatic heterocycles. The minimum Gasteiger partial charge on any atom is -0.380 e. The van der Waals surface area contributed by atoms with E-state index in [4.69, 9.17) is 4.74 Å². The van der Waals surface area contributed by atoms with Crippen LogP contribution in [-0.4, -0.2) is 25.5 Å². The van der Waals surface area contributed by atoms with Gasteiger partial charge >= 0.3 is 0 Å². The van der Waals surface area contributed by atoms with Crippen LogP contribution in [0.4, 0.5) is 0 Å². The van der Waals surface area contributed by atoms with Crippen molar-refractivity contribution in [3.05, 3.63) is 47.4 Å². The first-order valence-corrected chi connectivity index (χ1v) is 8.13. The lowest BCUT2D eigenvalue weighted by molar-refractivity contribution is 0.185. The molecule has 0 amide bonds. The van der Waals surface area contributed by atoms with Crippen molar-refractivity contribution in [2.24, 2.45) is 0 Å². The highest BCUT2D eigenvalue weighted by Gasteiger charge is 2.16. The quantitative estimate of drug-likeness (QED) is 0.813. The highest BCUT2D eigenvalue weighted by atomic mass is 32.2. The van der Waals surface area contributed by atoms with Crippen LogP contribution < -0.4 is 4.72 Å². The van der Waals surface area contributed by atoms with Crippen LogP contribution >= 0.6 is 0 Å². The number of aromatic nitrogens is 2. The summed E-state index contributed by atoms with van der Waals surface area (Å²) in [5.74, 6) is 0.650. The van der Waals surface area contributed by atoms with Crippen LogP contribution in [0.1, 0.15) is 23.9 Å². The first-order chi connectivity index (χ1) is 10.0. The predicted octanol–water partition coefficient (Wildman–Crippen LogP) is 1.60. The summed E-state index contributed by atoms with van der Waals surface area (Å²) in [7, 11) is -1.95. The summed E-state index contributed by atoms with van der Waals surface area (Å²) >= 11 is 0. The van der Waals surface area contributed by atoms with Crippen LogP contribution in [0, 0.1) is 0 Å². The van der Waals surface area contributed by atoms with E-state index < -0.39 is 10.0 Å². The molecule has 0 aliphatic rings. The molecule has 0 unspecified atom stereocenters. The number of imidazole rings is 1. The predicted molar refractivity (Wildman–Crippen MR) is 79.1 cm³/mol. The Morgan fingerprint density at radius 3 is 2.76 bits per heavy atom. The van der Waals surface area contributed by atoms with E-state index in [1.54, 1.807) is 7.11 Å². The lowest BCUT2D eigenvalue weighted by Gasteiger charge is -2.07. The number of nitrogens with one attached hydrogen (secondary N) is 2.